The number of fused-ring (bicyclic) bond motifs is 3. The molecule has 0 unspecified atom stereocenters. The Labute approximate surface area is 169 Å². The van der Waals surface area contributed by atoms with Crippen LogP contribution in [-0.4, -0.2) is 33.4 Å². The van der Waals surface area contributed by atoms with Crippen LogP contribution in [0.2, 0.25) is 0 Å². The Morgan fingerprint density at radius 2 is 1.97 bits per heavy atom. The fourth-order valence-electron chi connectivity index (χ4n) is 3.83. The van der Waals surface area contributed by atoms with Crippen molar-refractivity contribution in [2.45, 2.75) is 45.7 Å². The molecule has 0 fully saturated rings. The molecule has 1 aromatic carbocycles. The number of carbonyl (C=O) groups excluding carboxylic acids is 2. The molecule has 7 nitrogen and oxygen atoms in total. The second-order valence-corrected chi connectivity index (χ2v) is 7.44. The van der Waals surface area contributed by atoms with E-state index in [1.807, 2.05) is 19.1 Å². The van der Waals surface area contributed by atoms with Gasteiger partial charge < -0.3 is 15.2 Å². The van der Waals surface area contributed by atoms with E-state index in [9.17, 15) is 9.59 Å². The van der Waals surface area contributed by atoms with Crippen molar-refractivity contribution in [2.24, 2.45) is 0 Å². The molecule has 3 heterocycles. The molecule has 4 rings (SSSR count). The van der Waals surface area contributed by atoms with Crippen LogP contribution in [0.4, 0.5) is 0 Å². The molecule has 7 heteroatoms. The van der Waals surface area contributed by atoms with E-state index in [0.29, 0.717) is 23.2 Å². The van der Waals surface area contributed by atoms with Gasteiger partial charge in [0.2, 0.25) is 0 Å². The lowest BCUT2D eigenvalue weighted by molar-refractivity contribution is 0.0949. The summed E-state index contributed by atoms with van der Waals surface area (Å²) in [5.74, 6) is 0.686. The van der Waals surface area contributed by atoms with Crippen LogP contribution < -0.4 is 10.6 Å². The number of nitrogens with zero attached hydrogens (tertiary/aromatic N) is 3. The van der Waals surface area contributed by atoms with Gasteiger partial charge in [-0.05, 0) is 43.5 Å². The third-order valence-corrected chi connectivity index (χ3v) is 5.31. The molecule has 0 bridgehead atoms. The van der Waals surface area contributed by atoms with E-state index in [1.165, 1.54) is 6.42 Å². The second-order valence-electron chi connectivity index (χ2n) is 7.44. The minimum Gasteiger partial charge on any atom is -0.355 e. The number of hydrogen-bond acceptors (Lipinski definition) is 4. The Bertz CT molecular complexity index is 1090. The molecule has 1 aliphatic heterocycles. The summed E-state index contributed by atoms with van der Waals surface area (Å²) in [6.07, 6.45) is 4.34. The van der Waals surface area contributed by atoms with Gasteiger partial charge in [-0.15, -0.1) is 0 Å². The van der Waals surface area contributed by atoms with Crippen molar-refractivity contribution in [1.29, 1.82) is 0 Å². The largest absolute Gasteiger partial charge is 0.355 e. The highest BCUT2D eigenvalue weighted by atomic mass is 16.2. The Morgan fingerprint density at radius 1 is 1.10 bits per heavy atom. The average Bonchev–Trinajstić information content (AvgIpc) is 2.92. The fraction of sp³-hybridized carbons (Fsp3) is 0.364. The van der Waals surface area contributed by atoms with Crippen LogP contribution >= 0.6 is 0 Å². The van der Waals surface area contributed by atoms with Crippen LogP contribution in [-0.2, 0) is 19.5 Å². The zero-order chi connectivity index (χ0) is 20.4. The lowest BCUT2D eigenvalue weighted by Crippen LogP contribution is -2.24. The maximum absolute atomic E-state index is 13.0. The standard InChI is InChI=1S/C22H25N5O2/c1-14-11-17(19-20(25-14)27-10-5-3-4-9-18(27)26-19)22(29)24-13-15-7-6-8-16(12-15)21(28)23-2/h6-8,11-12H,3-5,9-10,13H2,1-2H3,(H,23,28)(H,24,29). The summed E-state index contributed by atoms with van der Waals surface area (Å²) in [5, 5.41) is 5.57. The molecule has 2 aromatic heterocycles. The summed E-state index contributed by atoms with van der Waals surface area (Å²) in [7, 11) is 1.60. The van der Waals surface area contributed by atoms with Crippen LogP contribution in [0.15, 0.2) is 30.3 Å². The number of benzene rings is 1. The maximum atomic E-state index is 13.0. The van der Waals surface area contributed by atoms with Gasteiger partial charge in [-0.1, -0.05) is 18.6 Å². The lowest BCUT2D eigenvalue weighted by Gasteiger charge is -2.09. The van der Waals surface area contributed by atoms with Crippen LogP contribution in [0.5, 0.6) is 0 Å². The summed E-state index contributed by atoms with van der Waals surface area (Å²) in [6.45, 7) is 3.13. The van der Waals surface area contributed by atoms with Gasteiger partial charge in [-0.3, -0.25) is 9.59 Å². The molecule has 0 saturated carbocycles. The third-order valence-electron chi connectivity index (χ3n) is 5.31. The number of aromatic nitrogens is 3. The Balaban J connectivity index is 1.60. The summed E-state index contributed by atoms with van der Waals surface area (Å²) >= 11 is 0. The first kappa shape index (κ1) is 19.1. The Morgan fingerprint density at radius 3 is 2.79 bits per heavy atom. The number of amides is 2. The predicted molar refractivity (Wildman–Crippen MR) is 111 cm³/mol. The minimum atomic E-state index is -0.181. The van der Waals surface area contributed by atoms with E-state index in [1.54, 1.807) is 25.2 Å². The Hall–Kier alpha value is -3.22. The smallest absolute Gasteiger partial charge is 0.253 e. The molecule has 0 saturated heterocycles. The number of pyridine rings is 1. The third kappa shape index (κ3) is 3.85. The number of nitrogens with one attached hydrogen (secondary N) is 2. The summed E-state index contributed by atoms with van der Waals surface area (Å²) in [4.78, 5) is 34.2. The summed E-state index contributed by atoms with van der Waals surface area (Å²) in [5.41, 5.74) is 4.26. The van der Waals surface area contributed by atoms with Gasteiger partial charge in [-0.2, -0.15) is 0 Å². The molecule has 0 spiro atoms. The number of aryl methyl sites for hydroxylation is 3. The minimum absolute atomic E-state index is 0.149. The topological polar surface area (TPSA) is 88.9 Å². The molecular weight excluding hydrogens is 366 g/mol. The monoisotopic (exact) mass is 391 g/mol. The molecule has 3 aromatic rings. The molecule has 2 N–H and O–H groups in total. The van der Waals surface area contributed by atoms with E-state index in [4.69, 9.17) is 4.98 Å². The van der Waals surface area contributed by atoms with E-state index < -0.39 is 0 Å². The van der Waals surface area contributed by atoms with Gasteiger partial charge in [0.25, 0.3) is 11.8 Å². The predicted octanol–water partition coefficient (Wildman–Crippen LogP) is 2.76. The zero-order valence-corrected chi connectivity index (χ0v) is 16.8. The van der Waals surface area contributed by atoms with E-state index in [0.717, 1.165) is 48.5 Å². The number of imidazole rings is 1. The summed E-state index contributed by atoms with van der Waals surface area (Å²) < 4.78 is 2.17. The number of rotatable bonds is 4. The van der Waals surface area contributed by atoms with Crippen molar-refractivity contribution in [3.05, 3.63) is 58.5 Å². The van der Waals surface area contributed by atoms with Gasteiger partial charge in [0, 0.05) is 37.8 Å². The highest BCUT2D eigenvalue weighted by Gasteiger charge is 2.20. The molecule has 0 atom stereocenters. The highest BCUT2D eigenvalue weighted by molar-refractivity contribution is 6.04. The molecular formula is C22H25N5O2. The van der Waals surface area contributed by atoms with Crippen LogP contribution in [0.1, 0.15) is 57.1 Å². The lowest BCUT2D eigenvalue weighted by atomic mass is 10.1. The van der Waals surface area contributed by atoms with Crippen molar-refractivity contribution in [1.82, 2.24) is 25.2 Å². The number of hydrogen-bond donors (Lipinski definition) is 2. The molecule has 1 aliphatic rings. The van der Waals surface area contributed by atoms with Crippen LogP contribution in [0.3, 0.4) is 0 Å². The SMILES string of the molecule is CNC(=O)c1cccc(CNC(=O)c2cc(C)nc3c2nc2n3CCCCC2)c1. The first-order valence-electron chi connectivity index (χ1n) is 10.0. The van der Waals surface area contributed by atoms with Gasteiger partial charge in [0.1, 0.15) is 11.3 Å². The van der Waals surface area contributed by atoms with E-state index in [2.05, 4.69) is 20.2 Å². The first-order chi connectivity index (χ1) is 14.1. The van der Waals surface area contributed by atoms with Crippen molar-refractivity contribution in [3.8, 4) is 0 Å². The molecule has 29 heavy (non-hydrogen) atoms. The molecule has 0 radical (unpaired) electrons. The summed E-state index contributed by atoms with van der Waals surface area (Å²) in [6, 6.07) is 9.03. The molecule has 150 valence electrons. The van der Waals surface area contributed by atoms with Gasteiger partial charge >= 0.3 is 0 Å². The van der Waals surface area contributed by atoms with Crippen molar-refractivity contribution in [2.75, 3.05) is 7.05 Å². The van der Waals surface area contributed by atoms with E-state index >= 15 is 0 Å². The average molecular weight is 391 g/mol. The van der Waals surface area contributed by atoms with Gasteiger partial charge in [-0.25, -0.2) is 9.97 Å². The van der Waals surface area contributed by atoms with Crippen molar-refractivity contribution < 1.29 is 9.59 Å². The van der Waals surface area contributed by atoms with Gasteiger partial charge in [0.05, 0.1) is 5.56 Å². The van der Waals surface area contributed by atoms with Gasteiger partial charge in [0.15, 0.2) is 5.65 Å². The van der Waals surface area contributed by atoms with Crippen molar-refractivity contribution in [3.63, 3.8) is 0 Å². The van der Waals surface area contributed by atoms with E-state index in [-0.39, 0.29) is 11.8 Å². The molecule has 2 amide bonds. The quantitative estimate of drug-likeness (QED) is 0.716. The zero-order valence-electron chi connectivity index (χ0n) is 16.8. The fourth-order valence-corrected chi connectivity index (χ4v) is 3.83. The normalized spacial score (nSPS) is 13.6. The number of carbonyl (C=O) groups is 2. The molecule has 0 aliphatic carbocycles. The highest BCUT2D eigenvalue weighted by Crippen LogP contribution is 2.24. The van der Waals surface area contributed by atoms with Crippen LogP contribution in [0.25, 0.3) is 11.2 Å². The second kappa shape index (κ2) is 8.03. The van der Waals surface area contributed by atoms with Crippen LogP contribution in [0, 0.1) is 6.92 Å². The maximum Gasteiger partial charge on any atom is 0.253 e. The van der Waals surface area contributed by atoms with Crippen molar-refractivity contribution >= 4 is 23.0 Å². The Kier molecular flexibility index (Phi) is 5.29. The first-order valence-corrected chi connectivity index (χ1v) is 10.0.